The van der Waals surface area contributed by atoms with Crippen LogP contribution in [0.2, 0.25) is 0 Å². The molecule has 0 rings (SSSR count). The van der Waals surface area contributed by atoms with Crippen molar-refractivity contribution in [2.24, 2.45) is 5.73 Å². The van der Waals surface area contributed by atoms with Crippen LogP contribution in [0.1, 0.15) is 13.3 Å². The monoisotopic (exact) mass is 133 g/mol. The Morgan fingerprint density at radius 3 is 2.50 bits per heavy atom. The van der Waals surface area contributed by atoms with E-state index in [1.54, 1.807) is 6.92 Å². The van der Waals surface area contributed by atoms with E-state index in [0.29, 0.717) is 0 Å². The largest absolute Gasteiger partial charge is 0.369 e. The van der Waals surface area contributed by atoms with Crippen molar-refractivity contribution in [3.05, 3.63) is 11.1 Å². The first-order valence-corrected chi connectivity index (χ1v) is 2.64. The van der Waals surface area contributed by atoms with Gasteiger partial charge in [-0.3, -0.25) is 4.79 Å². The van der Waals surface area contributed by atoms with Crippen LogP contribution >= 0.6 is 11.6 Å². The zero-order valence-electron chi connectivity index (χ0n) is 4.65. The van der Waals surface area contributed by atoms with E-state index in [4.69, 9.17) is 17.3 Å². The van der Waals surface area contributed by atoms with Crippen LogP contribution in [0, 0.1) is 0 Å². The third kappa shape index (κ3) is 3.68. The van der Waals surface area contributed by atoms with Crippen molar-refractivity contribution in [3.8, 4) is 0 Å². The van der Waals surface area contributed by atoms with E-state index < -0.39 is 0 Å². The average Bonchev–Trinajstić information content (AvgIpc) is 1.65. The lowest BCUT2D eigenvalue weighted by Gasteiger charge is -1.89. The van der Waals surface area contributed by atoms with E-state index in [1.807, 2.05) is 0 Å². The Labute approximate surface area is 53.3 Å². The minimum atomic E-state index is -0.348. The molecule has 0 radical (unpaired) electrons. The lowest BCUT2D eigenvalue weighted by atomic mass is 10.2. The first kappa shape index (κ1) is 7.50. The minimum absolute atomic E-state index is 0.253. The van der Waals surface area contributed by atoms with Gasteiger partial charge in [-0.2, -0.15) is 0 Å². The standard InChI is InChI=1S/C5H8ClNO/c1-4(3-6)2-5(7)8/h3H,2H2,1H3,(H2,7,8)/b4-3+. The maximum absolute atomic E-state index is 10.1. The van der Waals surface area contributed by atoms with E-state index in [1.165, 1.54) is 5.54 Å². The molecule has 0 aliphatic rings. The molecule has 0 saturated carbocycles. The van der Waals surface area contributed by atoms with Gasteiger partial charge in [0.1, 0.15) is 0 Å². The SMILES string of the molecule is C/C(=C\Cl)CC(N)=O. The van der Waals surface area contributed by atoms with E-state index in [-0.39, 0.29) is 12.3 Å². The third-order valence-corrected chi connectivity index (χ3v) is 1.01. The summed E-state index contributed by atoms with van der Waals surface area (Å²) in [5.74, 6) is -0.348. The van der Waals surface area contributed by atoms with Crippen LogP contribution in [0.5, 0.6) is 0 Å². The molecule has 0 aliphatic carbocycles. The van der Waals surface area contributed by atoms with Crippen LogP contribution in [0.3, 0.4) is 0 Å². The lowest BCUT2D eigenvalue weighted by molar-refractivity contribution is -0.117. The molecule has 1 amide bonds. The summed E-state index contributed by atoms with van der Waals surface area (Å²) in [7, 11) is 0. The Bertz CT molecular complexity index is 120. The van der Waals surface area contributed by atoms with Crippen LogP contribution in [-0.4, -0.2) is 5.91 Å². The van der Waals surface area contributed by atoms with Gasteiger partial charge in [-0.05, 0) is 6.92 Å². The van der Waals surface area contributed by atoms with Gasteiger partial charge in [0.15, 0.2) is 0 Å². The molecular formula is C5H8ClNO. The number of hydrogen-bond acceptors (Lipinski definition) is 1. The molecule has 0 unspecified atom stereocenters. The third-order valence-electron chi connectivity index (χ3n) is 0.639. The highest BCUT2D eigenvalue weighted by Crippen LogP contribution is 1.98. The highest BCUT2D eigenvalue weighted by molar-refractivity contribution is 6.25. The van der Waals surface area contributed by atoms with Crippen molar-refractivity contribution in [2.75, 3.05) is 0 Å². The highest BCUT2D eigenvalue weighted by Gasteiger charge is 1.92. The zero-order chi connectivity index (χ0) is 6.57. The molecule has 0 aromatic heterocycles. The summed E-state index contributed by atoms with van der Waals surface area (Å²) in [5.41, 5.74) is 6.97. The number of amides is 1. The van der Waals surface area contributed by atoms with Crippen LogP contribution in [0.25, 0.3) is 0 Å². The van der Waals surface area contributed by atoms with Gasteiger partial charge < -0.3 is 5.73 Å². The van der Waals surface area contributed by atoms with Crippen LogP contribution < -0.4 is 5.73 Å². The van der Waals surface area contributed by atoms with Gasteiger partial charge in [0.2, 0.25) is 5.91 Å². The predicted molar refractivity (Wildman–Crippen MR) is 33.4 cm³/mol. The zero-order valence-corrected chi connectivity index (χ0v) is 5.40. The Morgan fingerprint density at radius 1 is 1.88 bits per heavy atom. The number of primary amides is 1. The van der Waals surface area contributed by atoms with Crippen molar-refractivity contribution in [2.45, 2.75) is 13.3 Å². The van der Waals surface area contributed by atoms with E-state index in [2.05, 4.69) is 0 Å². The van der Waals surface area contributed by atoms with Gasteiger partial charge in [0.25, 0.3) is 0 Å². The smallest absolute Gasteiger partial charge is 0.221 e. The molecule has 2 nitrogen and oxygen atoms in total. The second kappa shape index (κ2) is 3.50. The van der Waals surface area contributed by atoms with E-state index in [0.717, 1.165) is 5.57 Å². The lowest BCUT2D eigenvalue weighted by Crippen LogP contribution is -2.09. The molecule has 3 heteroatoms. The molecule has 0 fully saturated rings. The predicted octanol–water partition coefficient (Wildman–Crippen LogP) is 1.00. The molecule has 2 N–H and O–H groups in total. The van der Waals surface area contributed by atoms with Gasteiger partial charge in [-0.1, -0.05) is 17.2 Å². The summed E-state index contributed by atoms with van der Waals surface area (Å²) >= 11 is 5.23. The molecule has 0 bridgehead atoms. The number of carbonyl (C=O) groups is 1. The van der Waals surface area contributed by atoms with Crippen molar-refractivity contribution in [3.63, 3.8) is 0 Å². The van der Waals surface area contributed by atoms with Crippen molar-refractivity contribution in [1.82, 2.24) is 0 Å². The fourth-order valence-corrected chi connectivity index (χ4v) is 0.391. The molecule has 0 aliphatic heterocycles. The topological polar surface area (TPSA) is 43.1 Å². The molecule has 8 heavy (non-hydrogen) atoms. The van der Waals surface area contributed by atoms with E-state index in [9.17, 15) is 4.79 Å². The molecule has 0 heterocycles. The van der Waals surface area contributed by atoms with Crippen molar-refractivity contribution in [1.29, 1.82) is 0 Å². The number of nitrogens with two attached hydrogens (primary N) is 1. The maximum atomic E-state index is 10.1. The summed E-state index contributed by atoms with van der Waals surface area (Å²) in [4.78, 5) is 10.1. The Balaban J connectivity index is 3.56. The van der Waals surface area contributed by atoms with Crippen molar-refractivity contribution >= 4 is 17.5 Å². The second-order valence-corrected chi connectivity index (χ2v) is 1.82. The fourth-order valence-electron chi connectivity index (χ4n) is 0.313. The van der Waals surface area contributed by atoms with Crippen LogP contribution in [0.15, 0.2) is 11.1 Å². The van der Waals surface area contributed by atoms with Gasteiger partial charge >= 0.3 is 0 Å². The van der Waals surface area contributed by atoms with Crippen LogP contribution in [0.4, 0.5) is 0 Å². The first-order valence-electron chi connectivity index (χ1n) is 2.21. The minimum Gasteiger partial charge on any atom is -0.369 e. The summed E-state index contributed by atoms with van der Waals surface area (Å²) in [6, 6.07) is 0. The second-order valence-electron chi connectivity index (χ2n) is 1.60. The molecule has 46 valence electrons. The van der Waals surface area contributed by atoms with Gasteiger partial charge in [-0.25, -0.2) is 0 Å². The molecule has 0 aromatic rings. The molecule has 0 aromatic carbocycles. The molecule has 0 atom stereocenters. The van der Waals surface area contributed by atoms with Crippen LogP contribution in [-0.2, 0) is 4.79 Å². The maximum Gasteiger partial charge on any atom is 0.221 e. The number of halogens is 1. The Kier molecular flexibility index (Phi) is 3.28. The Morgan fingerprint density at radius 2 is 2.38 bits per heavy atom. The number of carbonyl (C=O) groups excluding carboxylic acids is 1. The number of rotatable bonds is 2. The Hall–Kier alpha value is -0.500. The summed E-state index contributed by atoms with van der Waals surface area (Å²) in [6.45, 7) is 1.75. The average molecular weight is 134 g/mol. The highest BCUT2D eigenvalue weighted by atomic mass is 35.5. The molecule has 0 saturated heterocycles. The quantitative estimate of drug-likeness (QED) is 0.600. The van der Waals surface area contributed by atoms with Crippen molar-refractivity contribution < 1.29 is 4.79 Å². The first-order chi connectivity index (χ1) is 3.66. The van der Waals surface area contributed by atoms with Gasteiger partial charge in [0, 0.05) is 12.0 Å². The summed E-state index contributed by atoms with van der Waals surface area (Å²) in [6.07, 6.45) is 0.253. The molecular weight excluding hydrogens is 126 g/mol. The normalized spacial score (nSPS) is 11.5. The van der Waals surface area contributed by atoms with Gasteiger partial charge in [-0.15, -0.1) is 0 Å². The summed E-state index contributed by atoms with van der Waals surface area (Å²) < 4.78 is 0. The number of hydrogen-bond donors (Lipinski definition) is 1. The molecule has 0 spiro atoms. The fraction of sp³-hybridized carbons (Fsp3) is 0.400. The van der Waals surface area contributed by atoms with E-state index >= 15 is 0 Å². The van der Waals surface area contributed by atoms with Gasteiger partial charge in [0.05, 0.1) is 0 Å². The summed E-state index contributed by atoms with van der Waals surface area (Å²) in [5, 5.41) is 0.